The van der Waals surface area contributed by atoms with E-state index in [-0.39, 0.29) is 5.97 Å². The van der Waals surface area contributed by atoms with E-state index in [0.717, 1.165) is 19.5 Å². The van der Waals surface area contributed by atoms with Gasteiger partial charge in [0.25, 0.3) is 0 Å². The average molecular weight is 317 g/mol. The number of hydrogen-bond acceptors (Lipinski definition) is 3. The molecule has 1 aliphatic heterocycles. The number of carbonyl (C=O) groups is 1. The van der Waals surface area contributed by atoms with Gasteiger partial charge in [-0.3, -0.25) is 0 Å². The van der Waals surface area contributed by atoms with Crippen LogP contribution < -0.4 is 0 Å². The smallest absolute Gasteiger partial charge is 0.337 e. The zero-order valence-corrected chi connectivity index (χ0v) is 10.7. The van der Waals surface area contributed by atoms with E-state index in [1.54, 1.807) is 0 Å². The van der Waals surface area contributed by atoms with Crippen LogP contribution in [0.3, 0.4) is 0 Å². The molecule has 0 saturated heterocycles. The third-order valence-electron chi connectivity index (χ3n) is 2.59. The summed E-state index contributed by atoms with van der Waals surface area (Å²) in [6, 6.07) is 5.80. The number of fused-ring (bicyclic) bond motifs is 1. The second-order valence-corrected chi connectivity index (χ2v) is 4.93. The molecule has 1 aromatic carbocycles. The first-order chi connectivity index (χ1) is 7.20. The highest BCUT2D eigenvalue weighted by atomic mass is 127. The van der Waals surface area contributed by atoms with Gasteiger partial charge in [-0.2, -0.15) is 0 Å². The highest BCUT2D eigenvalue weighted by Crippen LogP contribution is 2.22. The predicted octanol–water partition coefficient (Wildman–Crippen LogP) is 2.18. The maximum atomic E-state index is 11.3. The van der Waals surface area contributed by atoms with Crippen LogP contribution >= 0.6 is 22.9 Å². The Morgan fingerprint density at radius 1 is 1.47 bits per heavy atom. The van der Waals surface area contributed by atoms with E-state index in [9.17, 15) is 4.79 Å². The molecule has 0 aromatic heterocycles. The Hall–Kier alpha value is -0.620. The third-order valence-corrected chi connectivity index (χ3v) is 3.42. The number of hydrogen-bond donors (Lipinski definition) is 0. The lowest BCUT2D eigenvalue weighted by Gasteiger charge is -2.23. The molecule has 2 rings (SSSR count). The van der Waals surface area contributed by atoms with Gasteiger partial charge >= 0.3 is 5.97 Å². The molecule has 80 valence electrons. The Kier molecular flexibility index (Phi) is 3.25. The first-order valence-corrected chi connectivity index (χ1v) is 5.78. The summed E-state index contributed by atoms with van der Waals surface area (Å²) in [6.07, 6.45) is 1.00. The molecule has 0 unspecified atom stereocenters. The molecule has 0 bridgehead atoms. The molecule has 0 radical (unpaired) electrons. The second kappa shape index (κ2) is 4.49. The molecule has 0 N–H and O–H groups in total. The van der Waals surface area contributed by atoms with E-state index in [4.69, 9.17) is 4.74 Å². The molecule has 1 heterocycles. The SMILES string of the molecule is COC(=O)c1ccc2c(c1)CCN(I)C2. The third kappa shape index (κ3) is 2.31. The second-order valence-electron chi connectivity index (χ2n) is 3.57. The van der Waals surface area contributed by atoms with Crippen LogP contribution in [-0.2, 0) is 17.7 Å². The fourth-order valence-electron chi connectivity index (χ4n) is 1.76. The number of methoxy groups -OCH3 is 1. The van der Waals surface area contributed by atoms with Crippen molar-refractivity contribution in [2.45, 2.75) is 13.0 Å². The maximum Gasteiger partial charge on any atom is 0.337 e. The van der Waals surface area contributed by atoms with Crippen molar-refractivity contribution < 1.29 is 9.53 Å². The van der Waals surface area contributed by atoms with Crippen LogP contribution in [0.1, 0.15) is 21.5 Å². The zero-order chi connectivity index (χ0) is 10.8. The molecule has 0 amide bonds. The van der Waals surface area contributed by atoms with E-state index < -0.39 is 0 Å². The van der Waals surface area contributed by atoms with Crippen molar-refractivity contribution in [3.05, 3.63) is 34.9 Å². The summed E-state index contributed by atoms with van der Waals surface area (Å²) in [4.78, 5) is 11.3. The first-order valence-electron chi connectivity index (χ1n) is 4.81. The van der Waals surface area contributed by atoms with E-state index in [1.165, 1.54) is 18.2 Å². The van der Waals surface area contributed by atoms with Gasteiger partial charge in [0.05, 0.1) is 12.7 Å². The molecular formula is C11H12INO2. The van der Waals surface area contributed by atoms with Crippen molar-refractivity contribution in [3.63, 3.8) is 0 Å². The Bertz CT molecular complexity index is 392. The number of esters is 1. The van der Waals surface area contributed by atoms with Crippen molar-refractivity contribution in [3.8, 4) is 0 Å². The topological polar surface area (TPSA) is 29.5 Å². The van der Waals surface area contributed by atoms with Gasteiger partial charge in [0.15, 0.2) is 0 Å². The van der Waals surface area contributed by atoms with Gasteiger partial charge in [0.2, 0.25) is 0 Å². The molecule has 0 saturated carbocycles. The zero-order valence-electron chi connectivity index (χ0n) is 8.50. The van der Waals surface area contributed by atoms with E-state index >= 15 is 0 Å². The van der Waals surface area contributed by atoms with Crippen LogP contribution in [0.4, 0.5) is 0 Å². The molecule has 3 nitrogen and oxygen atoms in total. The predicted molar refractivity (Wildman–Crippen MR) is 65.9 cm³/mol. The molecule has 1 aliphatic rings. The van der Waals surface area contributed by atoms with E-state index in [0.29, 0.717) is 5.56 Å². The molecule has 0 atom stereocenters. The summed E-state index contributed by atoms with van der Waals surface area (Å²) in [5.41, 5.74) is 3.23. The van der Waals surface area contributed by atoms with Gasteiger partial charge in [-0.1, -0.05) is 6.07 Å². The van der Waals surface area contributed by atoms with Crippen molar-refractivity contribution in [1.82, 2.24) is 3.11 Å². The summed E-state index contributed by atoms with van der Waals surface area (Å²) in [5.74, 6) is -0.255. The molecule has 0 fully saturated rings. The number of nitrogens with zero attached hydrogens (tertiary/aromatic N) is 1. The monoisotopic (exact) mass is 317 g/mol. The van der Waals surface area contributed by atoms with Crippen LogP contribution in [0.2, 0.25) is 0 Å². The van der Waals surface area contributed by atoms with Gasteiger partial charge in [-0.25, -0.2) is 7.91 Å². The molecule has 0 spiro atoms. The van der Waals surface area contributed by atoms with Crippen LogP contribution in [0.15, 0.2) is 18.2 Å². The quantitative estimate of drug-likeness (QED) is 0.452. The summed E-state index contributed by atoms with van der Waals surface area (Å²) < 4.78 is 6.95. The molecular weight excluding hydrogens is 305 g/mol. The van der Waals surface area contributed by atoms with Crippen molar-refractivity contribution >= 4 is 28.8 Å². The molecule has 15 heavy (non-hydrogen) atoms. The largest absolute Gasteiger partial charge is 0.465 e. The minimum Gasteiger partial charge on any atom is -0.465 e. The Balaban J connectivity index is 2.30. The van der Waals surface area contributed by atoms with Crippen LogP contribution in [0, 0.1) is 0 Å². The lowest BCUT2D eigenvalue weighted by molar-refractivity contribution is 0.0600. The average Bonchev–Trinajstić information content (AvgIpc) is 2.27. The van der Waals surface area contributed by atoms with Crippen LogP contribution in [0.5, 0.6) is 0 Å². The van der Waals surface area contributed by atoms with Gasteiger partial charge in [0.1, 0.15) is 0 Å². The molecule has 1 aromatic rings. The number of halogens is 1. The van der Waals surface area contributed by atoms with Crippen LogP contribution in [-0.4, -0.2) is 22.7 Å². The first kappa shape index (κ1) is 10.9. The number of carbonyl (C=O) groups excluding carboxylic acids is 1. The fourth-order valence-corrected chi connectivity index (χ4v) is 2.37. The highest BCUT2D eigenvalue weighted by molar-refractivity contribution is 14.1. The Morgan fingerprint density at radius 2 is 2.27 bits per heavy atom. The van der Waals surface area contributed by atoms with Crippen LogP contribution in [0.25, 0.3) is 0 Å². The lowest BCUT2D eigenvalue weighted by Crippen LogP contribution is -2.22. The van der Waals surface area contributed by atoms with Gasteiger partial charge < -0.3 is 4.74 Å². The highest BCUT2D eigenvalue weighted by Gasteiger charge is 2.16. The van der Waals surface area contributed by atoms with Gasteiger partial charge in [-0.05, 0) is 29.7 Å². The van der Waals surface area contributed by atoms with E-state index in [1.807, 2.05) is 18.2 Å². The fraction of sp³-hybridized carbons (Fsp3) is 0.364. The molecule has 0 aliphatic carbocycles. The normalized spacial score (nSPS) is 15.9. The number of rotatable bonds is 1. The van der Waals surface area contributed by atoms with Crippen molar-refractivity contribution in [2.24, 2.45) is 0 Å². The maximum absolute atomic E-state index is 11.3. The Labute approximate surface area is 103 Å². The van der Waals surface area contributed by atoms with Crippen molar-refractivity contribution in [2.75, 3.05) is 13.7 Å². The number of ether oxygens (including phenoxy) is 1. The van der Waals surface area contributed by atoms with Gasteiger partial charge in [0, 0.05) is 36.0 Å². The summed E-state index contributed by atoms with van der Waals surface area (Å²) in [5, 5.41) is 0. The summed E-state index contributed by atoms with van der Waals surface area (Å²) >= 11 is 2.32. The standard InChI is InChI=1S/C11H12INO2/c1-15-11(14)9-2-3-10-7-13(12)5-4-8(10)6-9/h2-3,6H,4-5,7H2,1H3. The minimum atomic E-state index is -0.255. The number of benzene rings is 1. The Morgan fingerprint density at radius 3 is 3.00 bits per heavy atom. The summed E-state index contributed by atoms with van der Waals surface area (Å²) in [7, 11) is 1.41. The minimum absolute atomic E-state index is 0.255. The summed E-state index contributed by atoms with van der Waals surface area (Å²) in [6.45, 7) is 2.00. The molecule has 4 heteroatoms. The lowest BCUT2D eigenvalue weighted by atomic mass is 9.98. The van der Waals surface area contributed by atoms with E-state index in [2.05, 4.69) is 26.0 Å². The van der Waals surface area contributed by atoms with Gasteiger partial charge in [-0.15, -0.1) is 0 Å². The van der Waals surface area contributed by atoms with Crippen molar-refractivity contribution in [1.29, 1.82) is 0 Å².